The van der Waals surface area contributed by atoms with Crippen molar-refractivity contribution >= 4 is 33.1 Å². The van der Waals surface area contributed by atoms with Gasteiger partial charge in [-0.3, -0.25) is 0 Å². The summed E-state index contributed by atoms with van der Waals surface area (Å²) < 4.78 is 1.07. The van der Waals surface area contributed by atoms with Crippen molar-refractivity contribution in [1.82, 2.24) is 4.98 Å². The van der Waals surface area contributed by atoms with Crippen molar-refractivity contribution in [3.63, 3.8) is 0 Å². The van der Waals surface area contributed by atoms with E-state index in [4.69, 9.17) is 5.26 Å². The van der Waals surface area contributed by atoms with Crippen molar-refractivity contribution in [2.24, 2.45) is 0 Å². The van der Waals surface area contributed by atoms with E-state index in [1.807, 2.05) is 25.1 Å². The van der Waals surface area contributed by atoms with Crippen LogP contribution in [0.4, 0.5) is 5.82 Å². The zero-order chi connectivity index (χ0) is 12.3. The molecule has 0 amide bonds. The summed E-state index contributed by atoms with van der Waals surface area (Å²) >= 11 is 5.05. The standard InChI is InChI=1S/C12H10BrN3S/c1-2-15-12-8(7-14)3-4-9(16-12)10-5-6-11(13)17-10/h3-6H,2H2,1H3,(H,15,16). The minimum Gasteiger partial charge on any atom is -0.369 e. The molecule has 0 aromatic carbocycles. The molecule has 0 saturated carbocycles. The lowest BCUT2D eigenvalue weighted by Gasteiger charge is -2.06. The van der Waals surface area contributed by atoms with Gasteiger partial charge in [-0.2, -0.15) is 5.26 Å². The molecule has 1 N–H and O–H groups in total. The molecule has 0 aliphatic heterocycles. The van der Waals surface area contributed by atoms with Crippen LogP contribution in [-0.2, 0) is 0 Å². The number of hydrogen-bond acceptors (Lipinski definition) is 4. The van der Waals surface area contributed by atoms with Crippen LogP contribution in [0.15, 0.2) is 28.1 Å². The molecule has 3 nitrogen and oxygen atoms in total. The van der Waals surface area contributed by atoms with Crippen LogP contribution in [0.5, 0.6) is 0 Å². The van der Waals surface area contributed by atoms with Crippen molar-refractivity contribution in [2.45, 2.75) is 6.92 Å². The molecule has 0 spiro atoms. The Labute approximate surface area is 112 Å². The molecule has 0 aliphatic carbocycles. The Hall–Kier alpha value is -1.38. The zero-order valence-corrected chi connectivity index (χ0v) is 11.6. The van der Waals surface area contributed by atoms with Crippen LogP contribution in [0.2, 0.25) is 0 Å². The molecular formula is C12H10BrN3S. The fraction of sp³-hybridized carbons (Fsp3) is 0.167. The number of aromatic nitrogens is 1. The third-order valence-corrected chi connectivity index (χ3v) is 3.83. The number of halogens is 1. The summed E-state index contributed by atoms with van der Waals surface area (Å²) in [6, 6.07) is 9.81. The van der Waals surface area contributed by atoms with Crippen molar-refractivity contribution in [1.29, 1.82) is 5.26 Å². The number of nitriles is 1. The maximum absolute atomic E-state index is 8.98. The Balaban J connectivity index is 2.44. The second-order valence-electron chi connectivity index (χ2n) is 3.34. The first kappa shape index (κ1) is 12.1. The van der Waals surface area contributed by atoms with Crippen LogP contribution in [0.3, 0.4) is 0 Å². The monoisotopic (exact) mass is 307 g/mol. The highest BCUT2D eigenvalue weighted by Crippen LogP contribution is 2.31. The molecule has 0 saturated heterocycles. The molecule has 2 heterocycles. The van der Waals surface area contributed by atoms with Crippen molar-refractivity contribution < 1.29 is 0 Å². The Morgan fingerprint density at radius 2 is 2.24 bits per heavy atom. The maximum atomic E-state index is 8.98. The fourth-order valence-corrected chi connectivity index (χ4v) is 2.80. The van der Waals surface area contributed by atoms with Gasteiger partial charge in [-0.05, 0) is 47.1 Å². The van der Waals surface area contributed by atoms with E-state index in [-0.39, 0.29) is 0 Å². The number of thiophene rings is 1. The van der Waals surface area contributed by atoms with Gasteiger partial charge in [-0.25, -0.2) is 4.98 Å². The number of pyridine rings is 1. The predicted molar refractivity (Wildman–Crippen MR) is 74.1 cm³/mol. The van der Waals surface area contributed by atoms with Crippen LogP contribution in [-0.4, -0.2) is 11.5 Å². The number of anilines is 1. The van der Waals surface area contributed by atoms with Gasteiger partial charge in [0.25, 0.3) is 0 Å². The quantitative estimate of drug-likeness (QED) is 0.936. The molecule has 17 heavy (non-hydrogen) atoms. The van der Waals surface area contributed by atoms with Gasteiger partial charge in [0, 0.05) is 6.54 Å². The van der Waals surface area contributed by atoms with Crippen molar-refractivity contribution in [3.05, 3.63) is 33.6 Å². The number of hydrogen-bond donors (Lipinski definition) is 1. The van der Waals surface area contributed by atoms with Gasteiger partial charge >= 0.3 is 0 Å². The first-order valence-electron chi connectivity index (χ1n) is 5.15. The van der Waals surface area contributed by atoms with Crippen LogP contribution in [0, 0.1) is 11.3 Å². The predicted octanol–water partition coefficient (Wildman–Crippen LogP) is 3.88. The zero-order valence-electron chi connectivity index (χ0n) is 9.20. The molecule has 0 unspecified atom stereocenters. The summed E-state index contributed by atoms with van der Waals surface area (Å²) in [5.74, 6) is 0.650. The normalized spacial score (nSPS) is 9.94. The second-order valence-corrected chi connectivity index (χ2v) is 5.80. The smallest absolute Gasteiger partial charge is 0.144 e. The molecule has 2 rings (SSSR count). The highest BCUT2D eigenvalue weighted by molar-refractivity contribution is 9.11. The summed E-state index contributed by atoms with van der Waals surface area (Å²) in [6.07, 6.45) is 0. The molecule has 86 valence electrons. The van der Waals surface area contributed by atoms with Gasteiger partial charge in [0.2, 0.25) is 0 Å². The Bertz CT molecular complexity index is 571. The Kier molecular flexibility index (Phi) is 3.77. The van der Waals surface area contributed by atoms with Gasteiger partial charge in [-0.15, -0.1) is 11.3 Å². The molecule has 5 heteroatoms. The second kappa shape index (κ2) is 5.30. The van der Waals surface area contributed by atoms with Crippen LogP contribution < -0.4 is 5.32 Å². The molecule has 0 radical (unpaired) electrons. The summed E-state index contributed by atoms with van der Waals surface area (Å²) in [5, 5.41) is 12.1. The van der Waals surface area contributed by atoms with Gasteiger partial charge in [-0.1, -0.05) is 0 Å². The fourth-order valence-electron chi connectivity index (χ4n) is 1.44. The lowest BCUT2D eigenvalue weighted by molar-refractivity contribution is 1.15. The van der Waals surface area contributed by atoms with Gasteiger partial charge < -0.3 is 5.32 Å². The molecule has 2 aromatic heterocycles. The van der Waals surface area contributed by atoms with Gasteiger partial charge in [0.05, 0.1) is 19.9 Å². The lowest BCUT2D eigenvalue weighted by atomic mass is 10.2. The molecule has 0 aliphatic rings. The molecule has 2 aromatic rings. The van der Waals surface area contributed by atoms with Crippen LogP contribution >= 0.6 is 27.3 Å². The largest absolute Gasteiger partial charge is 0.369 e. The summed E-state index contributed by atoms with van der Waals surface area (Å²) in [6.45, 7) is 2.73. The van der Waals surface area contributed by atoms with E-state index in [0.29, 0.717) is 11.4 Å². The molecule has 0 atom stereocenters. The van der Waals surface area contributed by atoms with E-state index in [2.05, 4.69) is 32.3 Å². The first-order valence-corrected chi connectivity index (χ1v) is 6.76. The number of nitrogens with one attached hydrogen (secondary N) is 1. The topological polar surface area (TPSA) is 48.7 Å². The first-order chi connectivity index (χ1) is 8.24. The lowest BCUT2D eigenvalue weighted by Crippen LogP contribution is -2.02. The van der Waals surface area contributed by atoms with E-state index in [1.165, 1.54) is 0 Å². The van der Waals surface area contributed by atoms with Crippen molar-refractivity contribution in [3.8, 4) is 16.6 Å². The van der Waals surface area contributed by atoms with Gasteiger partial charge in [0.15, 0.2) is 0 Å². The van der Waals surface area contributed by atoms with Crippen LogP contribution in [0.25, 0.3) is 10.6 Å². The SMILES string of the molecule is CCNc1nc(-c2ccc(Br)s2)ccc1C#N. The Morgan fingerprint density at radius 1 is 1.41 bits per heavy atom. The third kappa shape index (κ3) is 2.65. The number of nitrogens with zero attached hydrogens (tertiary/aromatic N) is 2. The summed E-state index contributed by atoms with van der Waals surface area (Å²) in [4.78, 5) is 5.56. The highest BCUT2D eigenvalue weighted by atomic mass is 79.9. The van der Waals surface area contributed by atoms with Crippen LogP contribution in [0.1, 0.15) is 12.5 Å². The third-order valence-electron chi connectivity index (χ3n) is 2.19. The molecular weight excluding hydrogens is 298 g/mol. The molecule has 0 bridgehead atoms. The van der Waals surface area contributed by atoms with E-state index >= 15 is 0 Å². The minimum atomic E-state index is 0.575. The maximum Gasteiger partial charge on any atom is 0.144 e. The highest BCUT2D eigenvalue weighted by Gasteiger charge is 2.07. The van der Waals surface area contributed by atoms with E-state index in [1.54, 1.807) is 17.4 Å². The van der Waals surface area contributed by atoms with E-state index in [0.717, 1.165) is 20.9 Å². The number of rotatable bonds is 3. The average Bonchev–Trinajstić information content (AvgIpc) is 2.76. The molecule has 0 fully saturated rings. The summed E-state index contributed by atoms with van der Waals surface area (Å²) in [7, 11) is 0. The average molecular weight is 308 g/mol. The van der Waals surface area contributed by atoms with Crippen molar-refractivity contribution in [2.75, 3.05) is 11.9 Å². The summed E-state index contributed by atoms with van der Waals surface area (Å²) in [5.41, 5.74) is 1.46. The minimum absolute atomic E-state index is 0.575. The van der Waals surface area contributed by atoms with E-state index in [9.17, 15) is 0 Å². The Morgan fingerprint density at radius 3 is 2.82 bits per heavy atom. The van der Waals surface area contributed by atoms with Gasteiger partial charge in [0.1, 0.15) is 11.9 Å². The van der Waals surface area contributed by atoms with E-state index < -0.39 is 0 Å².